The lowest BCUT2D eigenvalue weighted by molar-refractivity contribution is 0.0947. The maximum atomic E-state index is 13.5. The Hall–Kier alpha value is -2.08. The maximum absolute atomic E-state index is 13.5. The van der Waals surface area contributed by atoms with E-state index in [9.17, 15) is 9.18 Å². The van der Waals surface area contributed by atoms with Crippen LogP contribution in [0.5, 0.6) is 0 Å². The lowest BCUT2D eigenvalue weighted by atomic mass is 10.1. The molecular weight excluding hydrogens is 247 g/mol. The third kappa shape index (κ3) is 3.23. The van der Waals surface area contributed by atoms with Gasteiger partial charge in [0.15, 0.2) is 0 Å². The average molecular weight is 262 g/mol. The van der Waals surface area contributed by atoms with Gasteiger partial charge in [-0.2, -0.15) is 0 Å². The van der Waals surface area contributed by atoms with Gasteiger partial charge in [0.05, 0.1) is 11.1 Å². The van der Waals surface area contributed by atoms with Crippen LogP contribution in [0, 0.1) is 5.82 Å². The molecule has 100 valence electrons. The fourth-order valence-electron chi connectivity index (χ4n) is 1.62. The second-order valence-corrected chi connectivity index (χ2v) is 5.05. The quantitative estimate of drug-likeness (QED) is 0.872. The summed E-state index contributed by atoms with van der Waals surface area (Å²) in [4.78, 5) is 20.1. The molecule has 0 aliphatic rings. The Kier molecular flexibility index (Phi) is 3.44. The van der Waals surface area contributed by atoms with Crippen LogP contribution >= 0.6 is 0 Å². The van der Waals surface area contributed by atoms with E-state index in [1.165, 1.54) is 18.5 Å². The van der Waals surface area contributed by atoms with E-state index in [1.54, 1.807) is 13.8 Å². The number of aromatic nitrogens is 2. The zero-order valence-electron chi connectivity index (χ0n) is 10.8. The molecule has 1 heterocycles. The number of fused-ring (bicyclic) bond motifs is 1. The monoisotopic (exact) mass is 262 g/mol. The van der Waals surface area contributed by atoms with Crippen molar-refractivity contribution in [3.8, 4) is 0 Å². The minimum absolute atomic E-state index is 0.160. The van der Waals surface area contributed by atoms with Crippen LogP contribution in [0.4, 0.5) is 4.39 Å². The van der Waals surface area contributed by atoms with Crippen LogP contribution in [0.25, 0.3) is 11.0 Å². The van der Waals surface area contributed by atoms with Gasteiger partial charge in [-0.15, -0.1) is 0 Å². The van der Waals surface area contributed by atoms with Crippen molar-refractivity contribution in [3.05, 3.63) is 35.9 Å². The first-order valence-corrected chi connectivity index (χ1v) is 5.84. The third-order valence-corrected chi connectivity index (χ3v) is 2.49. The molecule has 0 saturated carbocycles. The van der Waals surface area contributed by atoms with Crippen molar-refractivity contribution >= 4 is 16.9 Å². The van der Waals surface area contributed by atoms with Gasteiger partial charge in [-0.1, -0.05) is 0 Å². The number of nitrogens with zero attached hydrogens (tertiary/aromatic N) is 2. The van der Waals surface area contributed by atoms with Crippen molar-refractivity contribution in [2.24, 2.45) is 5.73 Å². The van der Waals surface area contributed by atoms with Crippen LogP contribution < -0.4 is 11.1 Å². The first-order chi connectivity index (χ1) is 8.87. The summed E-state index contributed by atoms with van der Waals surface area (Å²) >= 11 is 0. The van der Waals surface area contributed by atoms with Gasteiger partial charge in [0.2, 0.25) is 0 Å². The van der Waals surface area contributed by atoms with Gasteiger partial charge < -0.3 is 11.1 Å². The number of nitrogens with one attached hydrogen (secondary N) is 1. The Labute approximate surface area is 110 Å². The van der Waals surface area contributed by atoms with Crippen molar-refractivity contribution in [2.75, 3.05) is 6.54 Å². The molecule has 0 aliphatic carbocycles. The smallest absolute Gasteiger partial charge is 0.253 e. The molecular formula is C13H15FN4O. The van der Waals surface area contributed by atoms with E-state index in [1.807, 2.05) is 0 Å². The predicted octanol–water partition coefficient (Wildman–Crippen LogP) is 1.24. The summed E-state index contributed by atoms with van der Waals surface area (Å²) in [6.45, 7) is 3.86. The van der Waals surface area contributed by atoms with Crippen molar-refractivity contribution in [3.63, 3.8) is 0 Å². The minimum atomic E-state index is -0.537. The second kappa shape index (κ2) is 4.89. The summed E-state index contributed by atoms with van der Waals surface area (Å²) < 4.78 is 13.5. The van der Waals surface area contributed by atoms with Gasteiger partial charge in [-0.3, -0.25) is 14.8 Å². The average Bonchev–Trinajstić information content (AvgIpc) is 2.34. The number of hydrogen-bond donors (Lipinski definition) is 2. The standard InChI is InChI=1S/C13H15FN4O/c1-13(2,15)7-18-12(19)9-5-8(14)6-10-11(9)17-4-3-16-10/h3-6H,7,15H2,1-2H3,(H,18,19). The molecule has 0 radical (unpaired) electrons. The van der Waals surface area contributed by atoms with E-state index in [4.69, 9.17) is 5.73 Å². The highest BCUT2D eigenvalue weighted by Gasteiger charge is 2.17. The van der Waals surface area contributed by atoms with Crippen LogP contribution in [-0.4, -0.2) is 28.0 Å². The summed E-state index contributed by atoms with van der Waals surface area (Å²) in [5.74, 6) is -0.936. The fourth-order valence-corrected chi connectivity index (χ4v) is 1.62. The largest absolute Gasteiger partial charge is 0.350 e. The van der Waals surface area contributed by atoms with Gasteiger partial charge >= 0.3 is 0 Å². The zero-order chi connectivity index (χ0) is 14.0. The first-order valence-electron chi connectivity index (χ1n) is 5.84. The molecule has 0 saturated heterocycles. The third-order valence-electron chi connectivity index (χ3n) is 2.49. The molecule has 5 nitrogen and oxygen atoms in total. The number of halogens is 1. The SMILES string of the molecule is CC(C)(N)CNC(=O)c1cc(F)cc2nccnc12. The summed E-state index contributed by atoms with van der Waals surface area (Å²) in [6.07, 6.45) is 2.91. The molecule has 0 atom stereocenters. The Morgan fingerprint density at radius 2 is 2.05 bits per heavy atom. The van der Waals surface area contributed by atoms with E-state index >= 15 is 0 Å². The van der Waals surface area contributed by atoms with Crippen molar-refractivity contribution in [2.45, 2.75) is 19.4 Å². The van der Waals surface area contributed by atoms with Gasteiger partial charge in [0.25, 0.3) is 5.91 Å². The van der Waals surface area contributed by atoms with Gasteiger partial charge in [0, 0.05) is 30.5 Å². The summed E-state index contributed by atoms with van der Waals surface area (Å²) in [5, 5.41) is 2.66. The number of carbonyl (C=O) groups excluding carboxylic acids is 1. The zero-order valence-corrected chi connectivity index (χ0v) is 10.8. The van der Waals surface area contributed by atoms with E-state index in [0.29, 0.717) is 11.0 Å². The maximum Gasteiger partial charge on any atom is 0.253 e. The number of amides is 1. The summed E-state index contributed by atoms with van der Waals surface area (Å²) in [5.41, 5.74) is 6.13. The molecule has 6 heteroatoms. The van der Waals surface area contributed by atoms with E-state index in [-0.39, 0.29) is 12.1 Å². The Balaban J connectivity index is 2.36. The number of benzene rings is 1. The molecule has 0 unspecified atom stereocenters. The lowest BCUT2D eigenvalue weighted by Crippen LogP contribution is -2.45. The minimum Gasteiger partial charge on any atom is -0.350 e. The topological polar surface area (TPSA) is 80.9 Å². The molecule has 0 bridgehead atoms. The number of hydrogen-bond acceptors (Lipinski definition) is 4. The molecule has 19 heavy (non-hydrogen) atoms. The highest BCUT2D eigenvalue weighted by Crippen LogP contribution is 2.16. The number of rotatable bonds is 3. The van der Waals surface area contributed by atoms with E-state index in [2.05, 4.69) is 15.3 Å². The molecule has 1 aromatic heterocycles. The Bertz CT molecular complexity index is 622. The second-order valence-electron chi connectivity index (χ2n) is 5.05. The highest BCUT2D eigenvalue weighted by atomic mass is 19.1. The van der Waals surface area contributed by atoms with Gasteiger partial charge in [0.1, 0.15) is 11.3 Å². The normalized spacial score (nSPS) is 11.6. The molecule has 0 spiro atoms. The van der Waals surface area contributed by atoms with Gasteiger partial charge in [-0.05, 0) is 19.9 Å². The molecule has 2 rings (SSSR count). The molecule has 0 fully saturated rings. The summed E-state index contributed by atoms with van der Waals surface area (Å²) in [7, 11) is 0. The van der Waals surface area contributed by atoms with Crippen molar-refractivity contribution < 1.29 is 9.18 Å². The van der Waals surface area contributed by atoms with Crippen LogP contribution in [0.15, 0.2) is 24.5 Å². The van der Waals surface area contributed by atoms with Crippen LogP contribution in [0.3, 0.4) is 0 Å². The Morgan fingerprint density at radius 3 is 2.74 bits per heavy atom. The molecule has 0 aliphatic heterocycles. The van der Waals surface area contributed by atoms with E-state index < -0.39 is 17.3 Å². The van der Waals surface area contributed by atoms with E-state index in [0.717, 1.165) is 6.07 Å². The van der Waals surface area contributed by atoms with Crippen molar-refractivity contribution in [1.82, 2.24) is 15.3 Å². The molecule has 3 N–H and O–H groups in total. The fraction of sp³-hybridized carbons (Fsp3) is 0.308. The summed E-state index contributed by atoms with van der Waals surface area (Å²) in [6, 6.07) is 2.39. The van der Waals surface area contributed by atoms with Crippen LogP contribution in [-0.2, 0) is 0 Å². The number of carbonyl (C=O) groups is 1. The van der Waals surface area contributed by atoms with Gasteiger partial charge in [-0.25, -0.2) is 4.39 Å². The molecule has 1 aromatic carbocycles. The lowest BCUT2D eigenvalue weighted by Gasteiger charge is -2.19. The van der Waals surface area contributed by atoms with Crippen LogP contribution in [0.2, 0.25) is 0 Å². The number of nitrogens with two attached hydrogens (primary N) is 1. The highest BCUT2D eigenvalue weighted by molar-refractivity contribution is 6.04. The molecule has 2 aromatic rings. The van der Waals surface area contributed by atoms with Crippen LogP contribution in [0.1, 0.15) is 24.2 Å². The van der Waals surface area contributed by atoms with Crippen molar-refractivity contribution in [1.29, 1.82) is 0 Å². The Morgan fingerprint density at radius 1 is 1.37 bits per heavy atom. The predicted molar refractivity (Wildman–Crippen MR) is 70.1 cm³/mol. The first kappa shape index (κ1) is 13.4. The molecule has 1 amide bonds.